The molecule has 0 aromatic rings. The molecule has 0 saturated heterocycles. The molecule has 0 radical (unpaired) electrons. The van der Waals surface area contributed by atoms with Crippen molar-refractivity contribution in [2.24, 2.45) is 11.8 Å². The molecule has 1 rings (SSSR count). The summed E-state index contributed by atoms with van der Waals surface area (Å²) in [6.07, 6.45) is 7.19. The Balaban J connectivity index is 2.34. The smallest absolute Gasteiger partial charge is 0.328 e. The molecule has 1 aliphatic rings. The van der Waals surface area contributed by atoms with E-state index >= 15 is 0 Å². The first-order chi connectivity index (χ1) is 9.02. The maximum absolute atomic E-state index is 11.9. The minimum atomic E-state index is -0.499. The molecular weight excluding hydrogens is 242 g/mol. The van der Waals surface area contributed by atoms with Crippen LogP contribution in [0, 0.1) is 11.8 Å². The van der Waals surface area contributed by atoms with Gasteiger partial charge in [0.05, 0.1) is 7.11 Å². The highest BCUT2D eigenvalue weighted by molar-refractivity contribution is 5.84. The van der Waals surface area contributed by atoms with Crippen molar-refractivity contribution in [2.45, 2.75) is 64.8 Å². The molecule has 0 heterocycles. The molecular formula is C15H27NO3. The van der Waals surface area contributed by atoms with E-state index in [1.165, 1.54) is 32.8 Å². The van der Waals surface area contributed by atoms with Crippen LogP contribution in [-0.4, -0.2) is 25.0 Å². The van der Waals surface area contributed by atoms with Gasteiger partial charge >= 0.3 is 5.97 Å². The van der Waals surface area contributed by atoms with Crippen LogP contribution < -0.4 is 5.32 Å². The molecule has 1 saturated carbocycles. The number of carbonyl (C=O) groups excluding carboxylic acids is 2. The highest BCUT2D eigenvalue weighted by Gasteiger charge is 2.23. The molecule has 110 valence electrons. The van der Waals surface area contributed by atoms with Gasteiger partial charge in [0.1, 0.15) is 6.04 Å². The van der Waals surface area contributed by atoms with Gasteiger partial charge < -0.3 is 10.1 Å². The van der Waals surface area contributed by atoms with Gasteiger partial charge in [-0.25, -0.2) is 4.79 Å². The molecule has 4 heteroatoms. The Bertz CT molecular complexity index is 296. The molecule has 0 spiro atoms. The monoisotopic (exact) mass is 269 g/mol. The summed E-state index contributed by atoms with van der Waals surface area (Å²) in [5.41, 5.74) is 0. The van der Waals surface area contributed by atoms with Gasteiger partial charge in [-0.05, 0) is 24.7 Å². The predicted molar refractivity (Wildman–Crippen MR) is 74.6 cm³/mol. The Morgan fingerprint density at radius 1 is 1.26 bits per heavy atom. The maximum Gasteiger partial charge on any atom is 0.328 e. The molecule has 1 unspecified atom stereocenters. The first-order valence-corrected chi connectivity index (χ1v) is 7.40. The quantitative estimate of drug-likeness (QED) is 0.723. The van der Waals surface area contributed by atoms with E-state index in [0.717, 1.165) is 6.42 Å². The lowest BCUT2D eigenvalue weighted by Gasteiger charge is -2.18. The Kier molecular flexibility index (Phi) is 6.89. The van der Waals surface area contributed by atoms with E-state index in [0.29, 0.717) is 24.7 Å². The number of amides is 1. The number of hydrogen-bond donors (Lipinski definition) is 1. The Labute approximate surface area is 116 Å². The van der Waals surface area contributed by atoms with Crippen molar-refractivity contribution in [3.63, 3.8) is 0 Å². The largest absolute Gasteiger partial charge is 0.467 e. The van der Waals surface area contributed by atoms with E-state index in [9.17, 15) is 9.59 Å². The van der Waals surface area contributed by atoms with Crippen LogP contribution in [0.4, 0.5) is 0 Å². The summed E-state index contributed by atoms with van der Waals surface area (Å²) in [7, 11) is 1.36. The number of methoxy groups -OCH3 is 1. The molecule has 1 aliphatic carbocycles. The maximum atomic E-state index is 11.9. The van der Waals surface area contributed by atoms with Crippen molar-refractivity contribution in [3.8, 4) is 0 Å². The molecule has 0 aliphatic heterocycles. The third kappa shape index (κ3) is 6.08. The Hall–Kier alpha value is -1.06. The van der Waals surface area contributed by atoms with Crippen LogP contribution in [0.3, 0.4) is 0 Å². The number of rotatable bonds is 7. The fourth-order valence-electron chi connectivity index (χ4n) is 2.73. The van der Waals surface area contributed by atoms with Gasteiger partial charge in [-0.1, -0.05) is 39.5 Å². The minimum absolute atomic E-state index is 0.0250. The second-order valence-corrected chi connectivity index (χ2v) is 5.96. The molecule has 1 amide bonds. The van der Waals surface area contributed by atoms with Crippen LogP contribution in [0.25, 0.3) is 0 Å². The van der Waals surface area contributed by atoms with E-state index in [1.807, 2.05) is 13.8 Å². The standard InChI is InChI=1S/C15H27NO3/c1-11(2)10-13(15(18)19-3)16-14(17)9-8-12-6-4-5-7-12/h11-13H,4-10H2,1-3H3,(H,16,17). The molecule has 0 aromatic heterocycles. The molecule has 1 fully saturated rings. The van der Waals surface area contributed by atoms with Crippen LogP contribution in [-0.2, 0) is 14.3 Å². The van der Waals surface area contributed by atoms with Gasteiger partial charge in [-0.15, -0.1) is 0 Å². The number of carbonyl (C=O) groups is 2. The van der Waals surface area contributed by atoms with Gasteiger partial charge in [0.25, 0.3) is 0 Å². The summed E-state index contributed by atoms with van der Waals surface area (Å²) in [5, 5.41) is 2.81. The lowest BCUT2D eigenvalue weighted by Crippen LogP contribution is -2.42. The fourth-order valence-corrected chi connectivity index (χ4v) is 2.73. The zero-order valence-electron chi connectivity index (χ0n) is 12.4. The van der Waals surface area contributed by atoms with Crippen molar-refractivity contribution in [2.75, 3.05) is 7.11 Å². The Morgan fingerprint density at radius 3 is 2.42 bits per heavy atom. The highest BCUT2D eigenvalue weighted by Crippen LogP contribution is 2.28. The highest BCUT2D eigenvalue weighted by atomic mass is 16.5. The first-order valence-electron chi connectivity index (χ1n) is 7.40. The zero-order valence-corrected chi connectivity index (χ0v) is 12.4. The van der Waals surface area contributed by atoms with Gasteiger partial charge in [-0.2, -0.15) is 0 Å². The molecule has 0 bridgehead atoms. The first kappa shape index (κ1) is 16.0. The fraction of sp³-hybridized carbons (Fsp3) is 0.867. The van der Waals surface area contributed by atoms with E-state index < -0.39 is 6.04 Å². The third-order valence-corrected chi connectivity index (χ3v) is 3.78. The second-order valence-electron chi connectivity index (χ2n) is 5.96. The zero-order chi connectivity index (χ0) is 14.3. The van der Waals surface area contributed by atoms with Crippen molar-refractivity contribution in [3.05, 3.63) is 0 Å². The summed E-state index contributed by atoms with van der Waals surface area (Å²) in [6, 6.07) is -0.499. The number of hydrogen-bond acceptors (Lipinski definition) is 3. The number of ether oxygens (including phenoxy) is 1. The molecule has 0 aromatic carbocycles. The topological polar surface area (TPSA) is 55.4 Å². The summed E-state index contributed by atoms with van der Waals surface area (Å²) in [4.78, 5) is 23.5. The summed E-state index contributed by atoms with van der Waals surface area (Å²) in [6.45, 7) is 4.06. The van der Waals surface area contributed by atoms with Crippen molar-refractivity contribution < 1.29 is 14.3 Å². The lowest BCUT2D eigenvalue weighted by molar-refractivity contribution is -0.145. The van der Waals surface area contributed by atoms with Gasteiger partial charge in [-0.3, -0.25) is 4.79 Å². The Morgan fingerprint density at radius 2 is 1.89 bits per heavy atom. The summed E-state index contributed by atoms with van der Waals surface area (Å²) in [5.74, 6) is 0.678. The van der Waals surface area contributed by atoms with Gasteiger partial charge in [0.2, 0.25) is 5.91 Å². The third-order valence-electron chi connectivity index (χ3n) is 3.78. The van der Waals surface area contributed by atoms with Crippen molar-refractivity contribution in [1.82, 2.24) is 5.32 Å². The molecule has 4 nitrogen and oxygen atoms in total. The average molecular weight is 269 g/mol. The predicted octanol–water partition coefficient (Wildman–Crippen LogP) is 2.66. The normalized spacial score (nSPS) is 17.5. The lowest BCUT2D eigenvalue weighted by atomic mass is 10.0. The molecule has 1 N–H and O–H groups in total. The van der Waals surface area contributed by atoms with E-state index in [-0.39, 0.29) is 11.9 Å². The van der Waals surface area contributed by atoms with Crippen LogP contribution >= 0.6 is 0 Å². The SMILES string of the molecule is COC(=O)C(CC(C)C)NC(=O)CCC1CCCC1. The van der Waals surface area contributed by atoms with Crippen LogP contribution in [0.2, 0.25) is 0 Å². The van der Waals surface area contributed by atoms with Gasteiger partial charge in [0.15, 0.2) is 0 Å². The number of esters is 1. The minimum Gasteiger partial charge on any atom is -0.467 e. The van der Waals surface area contributed by atoms with E-state index in [1.54, 1.807) is 0 Å². The van der Waals surface area contributed by atoms with E-state index in [4.69, 9.17) is 4.74 Å². The summed E-state index contributed by atoms with van der Waals surface area (Å²) >= 11 is 0. The van der Waals surface area contributed by atoms with Crippen molar-refractivity contribution in [1.29, 1.82) is 0 Å². The average Bonchev–Trinajstić information content (AvgIpc) is 2.87. The second kappa shape index (κ2) is 8.18. The van der Waals surface area contributed by atoms with Crippen LogP contribution in [0.1, 0.15) is 58.8 Å². The number of nitrogens with one attached hydrogen (secondary N) is 1. The van der Waals surface area contributed by atoms with E-state index in [2.05, 4.69) is 5.32 Å². The van der Waals surface area contributed by atoms with Crippen LogP contribution in [0.15, 0.2) is 0 Å². The van der Waals surface area contributed by atoms with Crippen LogP contribution in [0.5, 0.6) is 0 Å². The summed E-state index contributed by atoms with van der Waals surface area (Å²) < 4.78 is 4.74. The molecule has 19 heavy (non-hydrogen) atoms. The van der Waals surface area contributed by atoms with Gasteiger partial charge in [0, 0.05) is 6.42 Å². The molecule has 1 atom stereocenters. The van der Waals surface area contributed by atoms with Crippen molar-refractivity contribution >= 4 is 11.9 Å².